The van der Waals surface area contributed by atoms with Crippen molar-refractivity contribution >= 4 is 34.4 Å². The topological polar surface area (TPSA) is 96.7 Å². The van der Waals surface area contributed by atoms with Gasteiger partial charge in [-0.2, -0.15) is 9.97 Å². The lowest BCUT2D eigenvalue weighted by molar-refractivity contribution is 1.01. The van der Waals surface area contributed by atoms with Crippen LogP contribution in [0.3, 0.4) is 0 Å². The summed E-state index contributed by atoms with van der Waals surface area (Å²) in [6.07, 6.45) is 0. The van der Waals surface area contributed by atoms with Crippen molar-refractivity contribution in [1.29, 1.82) is 0 Å². The van der Waals surface area contributed by atoms with E-state index in [1.54, 1.807) is 0 Å². The molecule has 9 heteroatoms. The number of hydrogen-bond acceptors (Lipinski definition) is 9. The zero-order valence-electron chi connectivity index (χ0n) is 45.9. The van der Waals surface area contributed by atoms with Crippen LogP contribution in [0.5, 0.6) is 0 Å². The average molecular weight is 1070 g/mol. The van der Waals surface area contributed by atoms with Gasteiger partial charge in [0, 0.05) is 44.5 Å². The van der Waals surface area contributed by atoms with Crippen LogP contribution in [0.4, 0.5) is 34.4 Å². The fourth-order valence-corrected chi connectivity index (χ4v) is 11.4. The lowest BCUT2D eigenvalue weighted by Crippen LogP contribution is -2.26. The number of hydrogen-bond donors (Lipinski definition) is 0. The molecule has 13 aromatic rings. The van der Waals surface area contributed by atoms with Crippen molar-refractivity contribution in [3.05, 3.63) is 284 Å². The number of fused-ring (bicyclic) bond motifs is 2. The van der Waals surface area contributed by atoms with E-state index in [1.807, 2.05) is 84.9 Å². The Hall–Kier alpha value is -11.0. The molecule has 0 bridgehead atoms. The van der Waals surface area contributed by atoms with Crippen molar-refractivity contribution in [1.82, 2.24) is 34.9 Å². The van der Waals surface area contributed by atoms with Gasteiger partial charge < -0.3 is 4.90 Å². The quantitative estimate of drug-likeness (QED) is 0.125. The monoisotopic (exact) mass is 1070 g/mol. The van der Waals surface area contributed by atoms with Crippen LogP contribution in [0.15, 0.2) is 267 Å². The van der Waals surface area contributed by atoms with E-state index < -0.39 is 0 Å². The van der Waals surface area contributed by atoms with E-state index in [4.69, 9.17) is 34.9 Å². The Labute approximate surface area is 482 Å². The maximum Gasteiger partial charge on any atom is 0.238 e. The van der Waals surface area contributed by atoms with E-state index in [2.05, 4.69) is 213 Å². The van der Waals surface area contributed by atoms with Crippen LogP contribution in [0.1, 0.15) is 16.7 Å². The van der Waals surface area contributed by atoms with Crippen molar-refractivity contribution in [2.75, 3.05) is 9.80 Å². The molecule has 9 nitrogen and oxygen atoms in total. The fraction of sp³-hybridized carbons (Fsp3) is 0.0405. The number of para-hydroxylation sites is 4. The van der Waals surface area contributed by atoms with Gasteiger partial charge in [0.2, 0.25) is 5.95 Å². The highest BCUT2D eigenvalue weighted by Gasteiger charge is 2.35. The zero-order chi connectivity index (χ0) is 55.8. The van der Waals surface area contributed by atoms with Gasteiger partial charge in [-0.05, 0) is 91.6 Å². The van der Waals surface area contributed by atoms with Gasteiger partial charge in [0.1, 0.15) is 0 Å². The molecule has 14 rings (SSSR count). The first-order valence-electron chi connectivity index (χ1n) is 27.8. The molecule has 83 heavy (non-hydrogen) atoms. The van der Waals surface area contributed by atoms with Crippen molar-refractivity contribution in [2.45, 2.75) is 20.8 Å². The van der Waals surface area contributed by atoms with E-state index >= 15 is 0 Å². The Morgan fingerprint density at radius 2 is 0.566 bits per heavy atom. The van der Waals surface area contributed by atoms with Crippen LogP contribution >= 0.6 is 0 Å². The third-order valence-corrected chi connectivity index (χ3v) is 15.2. The van der Waals surface area contributed by atoms with Gasteiger partial charge in [0.15, 0.2) is 23.3 Å². The van der Waals surface area contributed by atoms with Crippen LogP contribution < -0.4 is 9.80 Å². The normalized spacial score (nSPS) is 11.7. The Bertz CT molecular complexity index is 4280. The Morgan fingerprint density at radius 3 is 0.940 bits per heavy atom. The van der Waals surface area contributed by atoms with Gasteiger partial charge in [0.05, 0.1) is 51.2 Å². The molecule has 0 unspecified atom stereocenters. The van der Waals surface area contributed by atoms with E-state index in [0.29, 0.717) is 29.2 Å². The molecule has 0 aliphatic carbocycles. The summed E-state index contributed by atoms with van der Waals surface area (Å²) in [6, 6.07) is 91.8. The number of benzene rings is 10. The molecule has 0 fully saturated rings. The van der Waals surface area contributed by atoms with Crippen molar-refractivity contribution < 1.29 is 0 Å². The minimum absolute atomic E-state index is 0.482. The number of rotatable bonds is 11. The lowest BCUT2D eigenvalue weighted by atomic mass is 9.88. The summed E-state index contributed by atoms with van der Waals surface area (Å²) in [4.78, 5) is 42.6. The van der Waals surface area contributed by atoms with E-state index in [1.165, 1.54) is 5.56 Å². The fourth-order valence-electron chi connectivity index (χ4n) is 11.4. The van der Waals surface area contributed by atoms with Gasteiger partial charge in [0.25, 0.3) is 0 Å². The van der Waals surface area contributed by atoms with Crippen LogP contribution in [0.25, 0.3) is 102 Å². The molecule has 0 spiro atoms. The molecule has 10 aromatic carbocycles. The van der Waals surface area contributed by atoms with Gasteiger partial charge in [-0.25, -0.2) is 24.9 Å². The second kappa shape index (κ2) is 21.6. The zero-order valence-corrected chi connectivity index (χ0v) is 45.9. The van der Waals surface area contributed by atoms with Gasteiger partial charge in [-0.1, -0.05) is 224 Å². The highest BCUT2D eigenvalue weighted by Crippen LogP contribution is 2.56. The number of aryl methyl sites for hydroxylation is 3. The molecular formula is C74H53N9. The third kappa shape index (κ3) is 9.66. The second-order valence-corrected chi connectivity index (χ2v) is 20.7. The molecule has 0 radical (unpaired) electrons. The summed E-state index contributed by atoms with van der Waals surface area (Å²) in [5, 5.41) is 0. The molecule has 1 aliphatic rings. The molecule has 0 saturated carbocycles. The minimum Gasteiger partial charge on any atom is -0.306 e. The molecule has 0 N–H and O–H groups in total. The maximum absolute atomic E-state index is 5.60. The van der Waals surface area contributed by atoms with Crippen LogP contribution in [-0.2, 0) is 0 Å². The summed E-state index contributed by atoms with van der Waals surface area (Å²) in [5.41, 5.74) is 20.3. The predicted molar refractivity (Wildman–Crippen MR) is 337 cm³/mol. The molecule has 4 heterocycles. The predicted octanol–water partition coefficient (Wildman–Crippen LogP) is 18.6. The molecule has 394 valence electrons. The largest absolute Gasteiger partial charge is 0.306 e. The minimum atomic E-state index is 0.482. The molecule has 3 aromatic heterocycles. The molecular weight excluding hydrogens is 1010 g/mol. The van der Waals surface area contributed by atoms with Crippen molar-refractivity contribution in [2.24, 2.45) is 0 Å². The highest BCUT2D eigenvalue weighted by atomic mass is 15.3. The van der Waals surface area contributed by atoms with Crippen molar-refractivity contribution in [3.8, 4) is 102 Å². The summed E-state index contributed by atoms with van der Waals surface area (Å²) in [6.45, 7) is 6.56. The van der Waals surface area contributed by atoms with Crippen LogP contribution in [0.2, 0.25) is 0 Å². The smallest absolute Gasteiger partial charge is 0.238 e. The molecule has 1 aliphatic heterocycles. The number of nitrogens with zero attached hydrogens (tertiary/aromatic N) is 9. The number of aromatic nitrogens is 7. The van der Waals surface area contributed by atoms with Crippen LogP contribution in [-0.4, -0.2) is 34.9 Å². The average Bonchev–Trinajstić information content (AvgIpc) is 2.40. The number of anilines is 6. The summed E-state index contributed by atoms with van der Waals surface area (Å²) in [5.74, 6) is 2.71. The Kier molecular flexibility index (Phi) is 13.0. The third-order valence-electron chi connectivity index (χ3n) is 15.2. The van der Waals surface area contributed by atoms with Gasteiger partial charge >= 0.3 is 0 Å². The summed E-state index contributed by atoms with van der Waals surface area (Å²) < 4.78 is 0. The maximum atomic E-state index is 5.60. The SMILES string of the molecule is Cc1cc(C)c(-c2cc(N3c4ccccc4N(c4nc(-c5ccccc5)nc(-c5ccccc5)n4)c4ccccc43)c(-c3nc(-c4ccccc4)cc(-c4ccccc4)n3)cc2-c2nc(-c3ccccc3)cc(-c3ccccc3)n2)c(C)c1. The van der Waals surface area contributed by atoms with E-state index in [0.717, 1.165) is 118 Å². The summed E-state index contributed by atoms with van der Waals surface area (Å²) in [7, 11) is 0. The highest BCUT2D eigenvalue weighted by molar-refractivity contribution is 6.05. The van der Waals surface area contributed by atoms with Crippen LogP contribution in [0, 0.1) is 20.8 Å². The van der Waals surface area contributed by atoms with E-state index in [9.17, 15) is 0 Å². The standard InChI is InChI=1S/C74H53N9/c1-48-42-49(2)69(50(3)43-48)57-45-68(82-64-38-22-24-40-66(64)83(67-41-25-23-39-65(67)82)74-80-70(55-34-18-8-19-35-55)79-71(81-74)56-36-20-9-21-37-56)59(73-77-62(53-30-14-6-15-31-53)47-63(78-73)54-32-16-7-17-33-54)44-58(57)72-75-60(51-26-10-4-11-27-51)46-61(76-72)52-28-12-5-13-29-52/h4-47H,1-3H3. The van der Waals surface area contributed by atoms with Gasteiger partial charge in [-0.15, -0.1) is 0 Å². The first-order chi connectivity index (χ1) is 40.9. The van der Waals surface area contributed by atoms with E-state index in [-0.39, 0.29) is 0 Å². The Balaban J connectivity index is 1.09. The molecule has 0 atom stereocenters. The first kappa shape index (κ1) is 50.2. The lowest BCUT2D eigenvalue weighted by Gasteiger charge is -2.40. The van der Waals surface area contributed by atoms with Crippen molar-refractivity contribution in [3.63, 3.8) is 0 Å². The summed E-state index contributed by atoms with van der Waals surface area (Å²) >= 11 is 0. The first-order valence-corrected chi connectivity index (χ1v) is 27.8. The Morgan fingerprint density at radius 1 is 0.241 bits per heavy atom. The molecule has 0 saturated heterocycles. The van der Waals surface area contributed by atoms with Gasteiger partial charge in [-0.3, -0.25) is 4.90 Å². The second-order valence-electron chi connectivity index (χ2n) is 20.7. The molecule has 0 amide bonds.